The van der Waals surface area contributed by atoms with Crippen LogP contribution < -0.4 is 10.6 Å². The molecular formula is C18H29FN4O2S. The summed E-state index contributed by atoms with van der Waals surface area (Å²) in [5.74, 6) is 0.357. The van der Waals surface area contributed by atoms with Gasteiger partial charge in [0.25, 0.3) is 0 Å². The Bertz CT molecular complexity index is 728. The van der Waals surface area contributed by atoms with Crippen molar-refractivity contribution in [3.63, 3.8) is 0 Å². The van der Waals surface area contributed by atoms with Crippen molar-refractivity contribution in [2.75, 3.05) is 39.0 Å². The second-order valence-corrected chi connectivity index (χ2v) is 8.60. The molecule has 146 valence electrons. The molecular weight excluding hydrogens is 355 g/mol. The summed E-state index contributed by atoms with van der Waals surface area (Å²) in [5, 5.41) is 6.24. The highest BCUT2D eigenvalue weighted by molar-refractivity contribution is 7.89. The molecule has 0 heterocycles. The average molecular weight is 385 g/mol. The minimum atomic E-state index is -3.27. The molecule has 0 aliphatic heterocycles. The Morgan fingerprint density at radius 1 is 1.23 bits per heavy atom. The molecule has 2 rings (SSSR count). The molecule has 8 heteroatoms. The number of nitrogens with one attached hydrogen (secondary N) is 2. The van der Waals surface area contributed by atoms with Gasteiger partial charge in [0.2, 0.25) is 10.0 Å². The van der Waals surface area contributed by atoms with E-state index < -0.39 is 10.0 Å². The molecule has 1 saturated carbocycles. The first kappa shape index (κ1) is 20.6. The van der Waals surface area contributed by atoms with Gasteiger partial charge in [-0.2, -0.15) is 0 Å². The van der Waals surface area contributed by atoms with Crippen molar-refractivity contribution in [2.24, 2.45) is 4.99 Å². The van der Waals surface area contributed by atoms with Gasteiger partial charge in [-0.25, -0.2) is 17.1 Å². The van der Waals surface area contributed by atoms with Gasteiger partial charge in [-0.15, -0.1) is 0 Å². The molecule has 26 heavy (non-hydrogen) atoms. The van der Waals surface area contributed by atoms with Crippen LogP contribution in [0.5, 0.6) is 0 Å². The highest BCUT2D eigenvalue weighted by Gasteiger charge is 2.45. The summed E-state index contributed by atoms with van der Waals surface area (Å²) in [6.07, 6.45) is 1.85. The second-order valence-electron chi connectivity index (χ2n) is 6.51. The molecule has 1 fully saturated rings. The van der Waals surface area contributed by atoms with E-state index in [0.29, 0.717) is 25.6 Å². The Labute approximate surface area is 155 Å². The maximum atomic E-state index is 14.1. The first-order valence-electron chi connectivity index (χ1n) is 9.06. The van der Waals surface area contributed by atoms with E-state index in [9.17, 15) is 12.8 Å². The maximum absolute atomic E-state index is 14.1. The molecule has 0 amide bonds. The van der Waals surface area contributed by atoms with E-state index >= 15 is 0 Å². The van der Waals surface area contributed by atoms with Crippen LogP contribution in [-0.2, 0) is 15.4 Å². The minimum absolute atomic E-state index is 0.00777. The Morgan fingerprint density at radius 2 is 1.88 bits per heavy atom. The van der Waals surface area contributed by atoms with Gasteiger partial charge in [0, 0.05) is 38.6 Å². The van der Waals surface area contributed by atoms with Crippen LogP contribution in [0.25, 0.3) is 0 Å². The van der Waals surface area contributed by atoms with E-state index in [1.54, 1.807) is 13.1 Å². The first-order chi connectivity index (χ1) is 12.4. The van der Waals surface area contributed by atoms with Gasteiger partial charge in [0.05, 0.1) is 5.75 Å². The maximum Gasteiger partial charge on any atom is 0.215 e. The van der Waals surface area contributed by atoms with Crippen LogP contribution in [0, 0.1) is 5.82 Å². The standard InChI is InChI=1S/C18H29FN4O2S/c1-4-23(5-2)26(24,25)13-12-21-17(20-3)22-14-18(10-11-18)15-8-6-7-9-16(15)19/h6-9H,4-5,10-14H2,1-3H3,(H2,20,21,22). The van der Waals surface area contributed by atoms with E-state index in [1.165, 1.54) is 10.4 Å². The number of hydrogen-bond donors (Lipinski definition) is 2. The van der Waals surface area contributed by atoms with Gasteiger partial charge in [0.15, 0.2) is 5.96 Å². The third kappa shape index (κ3) is 4.94. The summed E-state index contributed by atoms with van der Waals surface area (Å²) in [7, 11) is -1.63. The van der Waals surface area contributed by atoms with Crippen LogP contribution in [-0.4, -0.2) is 57.7 Å². The molecule has 0 unspecified atom stereocenters. The number of benzene rings is 1. The molecule has 0 spiro atoms. The predicted octanol–water partition coefficient (Wildman–Crippen LogP) is 1.69. The van der Waals surface area contributed by atoms with Crippen molar-refractivity contribution in [1.29, 1.82) is 0 Å². The zero-order valence-corrected chi connectivity index (χ0v) is 16.6. The molecule has 2 N–H and O–H groups in total. The Kier molecular flexibility index (Phi) is 7.00. The van der Waals surface area contributed by atoms with Crippen molar-refractivity contribution >= 4 is 16.0 Å². The van der Waals surface area contributed by atoms with Gasteiger partial charge in [-0.3, -0.25) is 4.99 Å². The zero-order chi connectivity index (χ0) is 19.2. The smallest absolute Gasteiger partial charge is 0.215 e. The number of guanidine groups is 1. The normalized spacial score (nSPS) is 16.6. The number of aliphatic imine (C=N–C) groups is 1. The van der Waals surface area contributed by atoms with Crippen molar-refractivity contribution in [1.82, 2.24) is 14.9 Å². The van der Waals surface area contributed by atoms with Crippen LogP contribution in [0.15, 0.2) is 29.3 Å². The van der Waals surface area contributed by atoms with E-state index in [1.807, 2.05) is 26.0 Å². The molecule has 0 aromatic heterocycles. The largest absolute Gasteiger partial charge is 0.356 e. The summed E-state index contributed by atoms with van der Waals surface area (Å²) in [6.45, 7) is 5.43. The molecule has 6 nitrogen and oxygen atoms in total. The van der Waals surface area contributed by atoms with Crippen molar-refractivity contribution in [3.8, 4) is 0 Å². The number of hydrogen-bond acceptors (Lipinski definition) is 3. The fourth-order valence-corrected chi connectivity index (χ4v) is 4.51. The number of nitrogens with zero attached hydrogens (tertiary/aromatic N) is 2. The lowest BCUT2D eigenvalue weighted by Gasteiger charge is -2.21. The van der Waals surface area contributed by atoms with Gasteiger partial charge in [-0.1, -0.05) is 32.0 Å². The number of sulfonamides is 1. The molecule has 0 radical (unpaired) electrons. The molecule has 1 aliphatic carbocycles. The predicted molar refractivity (Wildman–Crippen MR) is 103 cm³/mol. The summed E-state index contributed by atoms with van der Waals surface area (Å²) >= 11 is 0. The average Bonchev–Trinajstić information content (AvgIpc) is 3.40. The lowest BCUT2D eigenvalue weighted by atomic mass is 9.95. The molecule has 1 aliphatic rings. The lowest BCUT2D eigenvalue weighted by Crippen LogP contribution is -2.44. The van der Waals surface area contributed by atoms with Crippen molar-refractivity contribution in [3.05, 3.63) is 35.6 Å². The molecule has 0 bridgehead atoms. The monoisotopic (exact) mass is 384 g/mol. The molecule has 0 atom stereocenters. The highest BCUT2D eigenvalue weighted by Crippen LogP contribution is 2.48. The minimum Gasteiger partial charge on any atom is -0.356 e. The van der Waals surface area contributed by atoms with Crippen LogP contribution in [0.2, 0.25) is 0 Å². The fourth-order valence-electron chi connectivity index (χ4n) is 3.10. The van der Waals surface area contributed by atoms with Gasteiger partial charge < -0.3 is 10.6 Å². The van der Waals surface area contributed by atoms with Gasteiger partial charge >= 0.3 is 0 Å². The Hall–Kier alpha value is -1.67. The summed E-state index contributed by atoms with van der Waals surface area (Å²) in [5.41, 5.74) is 0.531. The van der Waals surface area contributed by atoms with Crippen molar-refractivity contribution < 1.29 is 12.8 Å². The van der Waals surface area contributed by atoms with Gasteiger partial charge in [-0.05, 0) is 24.5 Å². The molecule has 0 saturated heterocycles. The van der Waals surface area contributed by atoms with Crippen molar-refractivity contribution in [2.45, 2.75) is 32.1 Å². The SMILES string of the molecule is CCN(CC)S(=O)(=O)CCNC(=NC)NCC1(c2ccccc2F)CC1. The molecule has 1 aromatic rings. The number of rotatable bonds is 9. The molecule has 1 aromatic carbocycles. The van der Waals surface area contributed by atoms with Crippen LogP contribution in [0.3, 0.4) is 0 Å². The first-order valence-corrected chi connectivity index (χ1v) is 10.7. The van der Waals surface area contributed by atoms with Crippen LogP contribution in [0.4, 0.5) is 4.39 Å². The van der Waals surface area contributed by atoms with E-state index in [0.717, 1.165) is 18.4 Å². The second kappa shape index (κ2) is 8.81. The number of halogens is 1. The highest BCUT2D eigenvalue weighted by atomic mass is 32.2. The summed E-state index contributed by atoms with van der Waals surface area (Å²) < 4.78 is 39.9. The fraction of sp³-hybridized carbons (Fsp3) is 0.611. The van der Waals surface area contributed by atoms with Gasteiger partial charge in [0.1, 0.15) is 5.82 Å². The summed E-state index contributed by atoms with van der Waals surface area (Å²) in [6, 6.07) is 6.86. The quantitative estimate of drug-likeness (QED) is 0.502. The topological polar surface area (TPSA) is 73.8 Å². The van der Waals surface area contributed by atoms with E-state index in [-0.39, 0.29) is 23.5 Å². The van der Waals surface area contributed by atoms with E-state index in [4.69, 9.17) is 0 Å². The van der Waals surface area contributed by atoms with Crippen LogP contribution in [0.1, 0.15) is 32.3 Å². The lowest BCUT2D eigenvalue weighted by molar-refractivity contribution is 0.445. The third-order valence-electron chi connectivity index (χ3n) is 4.87. The van der Waals surface area contributed by atoms with E-state index in [2.05, 4.69) is 15.6 Å². The van der Waals surface area contributed by atoms with Crippen LogP contribution >= 0.6 is 0 Å². The Morgan fingerprint density at radius 3 is 2.42 bits per heavy atom. The third-order valence-corrected chi connectivity index (χ3v) is 6.89. The Balaban J connectivity index is 1.87. The zero-order valence-electron chi connectivity index (χ0n) is 15.8. The summed E-state index contributed by atoms with van der Waals surface area (Å²) in [4.78, 5) is 4.13.